The molecule has 1 atom stereocenters. The van der Waals surface area contributed by atoms with Crippen molar-refractivity contribution in [1.29, 1.82) is 0 Å². The lowest BCUT2D eigenvalue weighted by atomic mass is 10.1. The van der Waals surface area contributed by atoms with Crippen molar-refractivity contribution in [2.24, 2.45) is 4.99 Å². The third kappa shape index (κ3) is 5.34. The molecule has 0 spiro atoms. The molecule has 2 N–H and O–H groups in total. The van der Waals surface area contributed by atoms with Crippen LogP contribution < -0.4 is 15.5 Å². The molecule has 2 rings (SSSR count). The Labute approximate surface area is 145 Å². The van der Waals surface area contributed by atoms with Gasteiger partial charge in [0.25, 0.3) is 0 Å². The molecule has 1 heterocycles. The Hall–Kier alpha value is -1.36. The Kier molecular flexibility index (Phi) is 7.59. The van der Waals surface area contributed by atoms with Gasteiger partial charge in [0.2, 0.25) is 0 Å². The van der Waals surface area contributed by atoms with Crippen LogP contribution in [0.15, 0.2) is 29.3 Å². The van der Waals surface area contributed by atoms with E-state index in [0.717, 1.165) is 32.0 Å². The smallest absolute Gasteiger partial charge is 0.191 e. The summed E-state index contributed by atoms with van der Waals surface area (Å²) < 4.78 is 0. The first-order valence-corrected chi connectivity index (χ1v) is 9.93. The predicted molar refractivity (Wildman–Crippen MR) is 104 cm³/mol. The number of nitrogens with zero attached hydrogens (tertiary/aromatic N) is 2. The maximum absolute atomic E-state index is 4.30. The van der Waals surface area contributed by atoms with E-state index in [4.69, 9.17) is 0 Å². The molecule has 0 radical (unpaired) electrons. The third-order valence-corrected chi connectivity index (χ3v) is 4.98. The number of hydrogen-bond donors (Lipinski definition) is 2. The fraction of sp³-hybridized carbons (Fsp3) is 0.611. The van der Waals surface area contributed by atoms with Crippen LogP contribution in [0.4, 0.5) is 5.69 Å². The summed E-state index contributed by atoms with van der Waals surface area (Å²) in [6.07, 6.45) is 5.76. The number of guanidine groups is 1. The van der Waals surface area contributed by atoms with Crippen LogP contribution in [-0.4, -0.2) is 50.7 Å². The van der Waals surface area contributed by atoms with Gasteiger partial charge in [0.15, 0.2) is 5.96 Å². The Bertz CT molecular complexity index is 504. The zero-order valence-electron chi connectivity index (χ0n) is 14.6. The number of fused-ring (bicyclic) bond motifs is 1. The van der Waals surface area contributed by atoms with E-state index >= 15 is 0 Å². The van der Waals surface area contributed by atoms with Gasteiger partial charge in [-0.1, -0.05) is 18.2 Å². The molecule has 1 unspecified atom stereocenters. The molecule has 4 nitrogen and oxygen atoms in total. The minimum absolute atomic E-state index is 0.579. The van der Waals surface area contributed by atoms with Crippen molar-refractivity contribution >= 4 is 23.4 Å². The first-order chi connectivity index (χ1) is 11.3. The third-order valence-electron chi connectivity index (χ3n) is 4.28. The van der Waals surface area contributed by atoms with Crippen LogP contribution in [0.5, 0.6) is 0 Å². The van der Waals surface area contributed by atoms with Gasteiger partial charge in [0.05, 0.1) is 0 Å². The zero-order chi connectivity index (χ0) is 16.5. The normalized spacial score (nSPS) is 17.3. The number of thioether (sulfide) groups is 1. The second-order valence-electron chi connectivity index (χ2n) is 6.00. The summed E-state index contributed by atoms with van der Waals surface area (Å²) >= 11 is 1.91. The second-order valence-corrected chi connectivity index (χ2v) is 6.99. The quantitative estimate of drug-likeness (QED) is 0.436. The molecule has 0 aliphatic carbocycles. The van der Waals surface area contributed by atoms with Crippen LogP contribution in [0.3, 0.4) is 0 Å². The molecular weight excluding hydrogens is 304 g/mol. The van der Waals surface area contributed by atoms with Crippen molar-refractivity contribution in [3.8, 4) is 0 Å². The molecule has 0 bridgehead atoms. The number of hydrogen-bond acceptors (Lipinski definition) is 3. The van der Waals surface area contributed by atoms with Crippen molar-refractivity contribution < 1.29 is 0 Å². The lowest BCUT2D eigenvalue weighted by Crippen LogP contribution is -2.43. The van der Waals surface area contributed by atoms with E-state index in [1.165, 1.54) is 29.8 Å². The van der Waals surface area contributed by atoms with Crippen LogP contribution >= 0.6 is 11.8 Å². The van der Waals surface area contributed by atoms with Crippen molar-refractivity contribution in [1.82, 2.24) is 10.6 Å². The van der Waals surface area contributed by atoms with Gasteiger partial charge >= 0.3 is 0 Å². The van der Waals surface area contributed by atoms with Gasteiger partial charge in [-0.25, -0.2) is 0 Å². The Morgan fingerprint density at radius 3 is 2.83 bits per heavy atom. The molecular formula is C18H30N4S. The summed E-state index contributed by atoms with van der Waals surface area (Å²) in [6, 6.07) is 9.32. The first kappa shape index (κ1) is 18.0. The second kappa shape index (κ2) is 9.71. The summed E-state index contributed by atoms with van der Waals surface area (Å²) in [5.41, 5.74) is 2.86. The zero-order valence-corrected chi connectivity index (χ0v) is 15.5. The average molecular weight is 335 g/mol. The van der Waals surface area contributed by atoms with Gasteiger partial charge in [0.1, 0.15) is 0 Å². The molecule has 128 valence electrons. The highest BCUT2D eigenvalue weighted by Crippen LogP contribution is 2.31. The predicted octanol–water partition coefficient (Wildman–Crippen LogP) is 2.75. The van der Waals surface area contributed by atoms with E-state index in [9.17, 15) is 0 Å². The van der Waals surface area contributed by atoms with Crippen LogP contribution in [0.2, 0.25) is 0 Å². The molecule has 1 aromatic rings. The van der Waals surface area contributed by atoms with Crippen molar-refractivity contribution in [2.45, 2.75) is 32.2 Å². The Balaban J connectivity index is 1.71. The van der Waals surface area contributed by atoms with Gasteiger partial charge in [-0.3, -0.25) is 4.99 Å². The molecule has 0 amide bonds. The molecule has 5 heteroatoms. The molecule has 1 aliphatic rings. The first-order valence-electron chi connectivity index (χ1n) is 8.54. The minimum Gasteiger partial charge on any atom is -0.367 e. The number of unbranched alkanes of at least 4 members (excludes halogenated alkanes) is 1. The van der Waals surface area contributed by atoms with Gasteiger partial charge in [-0.05, 0) is 49.8 Å². The van der Waals surface area contributed by atoms with E-state index in [0.29, 0.717) is 6.04 Å². The standard InChI is InChI=1S/C18H30N4S/c1-15-14-16-8-4-5-9-17(16)22(15)12-11-21-18(19-2)20-10-6-7-13-23-3/h4-5,8-9,15H,6-7,10-14H2,1-3H3,(H2,19,20,21). The molecule has 0 saturated heterocycles. The number of anilines is 1. The maximum atomic E-state index is 4.30. The van der Waals surface area contributed by atoms with Crippen LogP contribution in [-0.2, 0) is 6.42 Å². The monoisotopic (exact) mass is 334 g/mol. The Morgan fingerprint density at radius 2 is 2.04 bits per heavy atom. The lowest BCUT2D eigenvalue weighted by molar-refractivity contribution is 0.654. The highest BCUT2D eigenvalue weighted by atomic mass is 32.2. The summed E-state index contributed by atoms with van der Waals surface area (Å²) in [5.74, 6) is 2.15. The maximum Gasteiger partial charge on any atom is 0.191 e. The Morgan fingerprint density at radius 1 is 1.26 bits per heavy atom. The van der Waals surface area contributed by atoms with Gasteiger partial charge in [0, 0.05) is 38.4 Å². The number of aliphatic imine (C=N–C) groups is 1. The molecule has 0 saturated carbocycles. The van der Waals surface area contributed by atoms with E-state index < -0.39 is 0 Å². The average Bonchev–Trinajstić information content (AvgIpc) is 2.88. The van der Waals surface area contributed by atoms with Crippen LogP contribution in [0.25, 0.3) is 0 Å². The van der Waals surface area contributed by atoms with Gasteiger partial charge < -0.3 is 15.5 Å². The summed E-state index contributed by atoms with van der Waals surface area (Å²) in [6.45, 7) is 5.20. The fourth-order valence-corrected chi connectivity index (χ4v) is 3.56. The molecule has 0 fully saturated rings. The van der Waals surface area contributed by atoms with Gasteiger partial charge in [-0.2, -0.15) is 11.8 Å². The fourth-order valence-electron chi connectivity index (χ4n) is 3.06. The van der Waals surface area contributed by atoms with E-state index in [2.05, 4.69) is 58.0 Å². The highest BCUT2D eigenvalue weighted by Gasteiger charge is 2.24. The van der Waals surface area contributed by atoms with E-state index in [1.54, 1.807) is 0 Å². The number of rotatable bonds is 8. The van der Waals surface area contributed by atoms with Crippen molar-refractivity contribution in [3.63, 3.8) is 0 Å². The SMILES string of the molecule is CN=C(NCCCCSC)NCCN1c2ccccc2CC1C. The van der Waals surface area contributed by atoms with Crippen molar-refractivity contribution in [3.05, 3.63) is 29.8 Å². The molecule has 1 aliphatic heterocycles. The minimum atomic E-state index is 0.579. The number of para-hydroxylation sites is 1. The summed E-state index contributed by atoms with van der Waals surface area (Å²) in [7, 11) is 1.84. The topological polar surface area (TPSA) is 39.7 Å². The largest absolute Gasteiger partial charge is 0.367 e. The molecule has 0 aromatic heterocycles. The number of benzene rings is 1. The van der Waals surface area contributed by atoms with E-state index in [1.807, 2.05) is 18.8 Å². The summed E-state index contributed by atoms with van der Waals surface area (Å²) in [4.78, 5) is 6.80. The van der Waals surface area contributed by atoms with Crippen LogP contribution in [0, 0.1) is 0 Å². The number of nitrogens with one attached hydrogen (secondary N) is 2. The van der Waals surface area contributed by atoms with Crippen LogP contribution in [0.1, 0.15) is 25.3 Å². The van der Waals surface area contributed by atoms with E-state index in [-0.39, 0.29) is 0 Å². The highest BCUT2D eigenvalue weighted by molar-refractivity contribution is 7.98. The van der Waals surface area contributed by atoms with Gasteiger partial charge in [-0.15, -0.1) is 0 Å². The lowest BCUT2D eigenvalue weighted by Gasteiger charge is -2.25. The summed E-state index contributed by atoms with van der Waals surface area (Å²) in [5, 5.41) is 6.83. The van der Waals surface area contributed by atoms with Crippen molar-refractivity contribution in [2.75, 3.05) is 43.6 Å². The molecule has 1 aromatic carbocycles. The molecule has 23 heavy (non-hydrogen) atoms.